The number of carbonyl (C=O) groups is 2. The van der Waals surface area contributed by atoms with Crippen molar-refractivity contribution in [2.75, 3.05) is 20.3 Å². The number of likely N-dealkylation sites (N-methyl/N-ethyl adjacent to an activating group) is 1. The molecule has 1 heterocycles. The van der Waals surface area contributed by atoms with Gasteiger partial charge in [-0.05, 0) is 57.9 Å². The molecule has 1 aliphatic heterocycles. The number of benzene rings is 2. The van der Waals surface area contributed by atoms with Crippen LogP contribution in [0.1, 0.15) is 66.5 Å². The van der Waals surface area contributed by atoms with Crippen LogP contribution in [0.2, 0.25) is 0 Å². The smallest absolute Gasteiger partial charge is 0.412 e. The van der Waals surface area contributed by atoms with E-state index in [1.807, 2.05) is 51.1 Å². The molecular weight excluding hydrogens is 573 g/mol. The van der Waals surface area contributed by atoms with Crippen LogP contribution in [0, 0.1) is 15.5 Å². The molecule has 2 aromatic rings. The van der Waals surface area contributed by atoms with Crippen LogP contribution < -0.4 is 0 Å². The molecule has 1 saturated heterocycles. The number of nitro benzene ring substituents is 1. The summed E-state index contributed by atoms with van der Waals surface area (Å²) >= 11 is 0. The lowest BCUT2D eigenvalue weighted by Gasteiger charge is -2.39. The van der Waals surface area contributed by atoms with Crippen LogP contribution in [0.5, 0.6) is 0 Å². The maximum atomic E-state index is 13.8. The average Bonchev–Trinajstić information content (AvgIpc) is 3.13. The van der Waals surface area contributed by atoms with E-state index in [1.54, 1.807) is 53.8 Å². The Kier molecular flexibility index (Phi) is 10.5. The fourth-order valence-electron chi connectivity index (χ4n) is 5.56. The van der Waals surface area contributed by atoms with Gasteiger partial charge < -0.3 is 18.7 Å². The van der Waals surface area contributed by atoms with E-state index in [2.05, 4.69) is 0 Å². The molecular formula is C31H44N3O8P. The van der Waals surface area contributed by atoms with Crippen LogP contribution in [-0.4, -0.2) is 64.8 Å². The quantitative estimate of drug-likeness (QED) is 0.158. The minimum absolute atomic E-state index is 0.0955. The third-order valence-electron chi connectivity index (χ3n) is 6.96. The molecule has 0 radical (unpaired) electrons. The Morgan fingerprint density at radius 2 is 1.53 bits per heavy atom. The van der Waals surface area contributed by atoms with Gasteiger partial charge >= 0.3 is 13.7 Å². The zero-order valence-corrected chi connectivity index (χ0v) is 27.5. The van der Waals surface area contributed by atoms with Gasteiger partial charge in [0, 0.05) is 30.0 Å². The molecule has 2 amide bonds. The average molecular weight is 618 g/mol. The molecule has 236 valence electrons. The van der Waals surface area contributed by atoms with Crippen LogP contribution >= 0.6 is 7.60 Å². The number of nitro groups is 1. The lowest BCUT2D eigenvalue weighted by atomic mass is 9.90. The summed E-state index contributed by atoms with van der Waals surface area (Å²) in [5, 5.41) is 12.7. The van der Waals surface area contributed by atoms with Gasteiger partial charge in [0.25, 0.3) is 5.69 Å². The molecule has 11 nitrogen and oxygen atoms in total. The normalized spacial score (nSPS) is 17.8. The van der Waals surface area contributed by atoms with E-state index >= 15 is 0 Å². The van der Waals surface area contributed by atoms with Crippen LogP contribution in [0.15, 0.2) is 42.5 Å². The number of amides is 2. The number of ether oxygens (including phenoxy) is 1. The van der Waals surface area contributed by atoms with Crippen molar-refractivity contribution >= 4 is 25.3 Å². The first-order valence-electron chi connectivity index (χ1n) is 14.4. The monoisotopic (exact) mass is 617 g/mol. The van der Waals surface area contributed by atoms with Crippen LogP contribution in [-0.2, 0) is 35.7 Å². The highest BCUT2D eigenvalue weighted by Gasteiger charge is 2.53. The van der Waals surface area contributed by atoms with Gasteiger partial charge in [-0.2, -0.15) is 0 Å². The number of nitrogens with zero attached hydrogens (tertiary/aromatic N) is 3. The highest BCUT2D eigenvalue weighted by atomic mass is 31.2. The van der Waals surface area contributed by atoms with Gasteiger partial charge in [-0.1, -0.05) is 51.1 Å². The van der Waals surface area contributed by atoms with Crippen molar-refractivity contribution in [1.29, 1.82) is 0 Å². The second-order valence-corrected chi connectivity index (χ2v) is 14.7. The topological polar surface area (TPSA) is 129 Å². The van der Waals surface area contributed by atoms with Gasteiger partial charge in [0.1, 0.15) is 17.8 Å². The number of carbonyl (C=O) groups excluding carboxylic acids is 2. The van der Waals surface area contributed by atoms with Crippen molar-refractivity contribution in [3.05, 3.63) is 63.7 Å². The minimum atomic E-state index is -3.74. The lowest BCUT2D eigenvalue weighted by molar-refractivity contribution is -0.386. The third kappa shape index (κ3) is 8.02. The molecule has 0 saturated carbocycles. The molecule has 0 unspecified atom stereocenters. The first-order chi connectivity index (χ1) is 19.9. The largest absolute Gasteiger partial charge is 0.444 e. The first-order valence-corrected chi connectivity index (χ1v) is 16.2. The zero-order chi connectivity index (χ0) is 32.3. The van der Waals surface area contributed by atoms with Crippen molar-refractivity contribution in [3.8, 4) is 11.1 Å². The molecule has 1 aliphatic rings. The highest BCUT2D eigenvalue weighted by molar-refractivity contribution is 7.53. The molecule has 43 heavy (non-hydrogen) atoms. The predicted octanol–water partition coefficient (Wildman–Crippen LogP) is 7.02. The van der Waals surface area contributed by atoms with Gasteiger partial charge in [-0.15, -0.1) is 0 Å². The summed E-state index contributed by atoms with van der Waals surface area (Å²) in [5.41, 5.74) is 0.0938. The van der Waals surface area contributed by atoms with Gasteiger partial charge in [-0.3, -0.25) is 24.4 Å². The second-order valence-electron chi connectivity index (χ2n) is 12.7. The SMILES string of the molecule is CCOP(=O)(Cc1cc(-c2ccccc2)cc(C[C@H]2C(=O)N(C)[C@H](C(C)(C)C)N2C(=O)OC(C)(C)C)c1[N+](=O)[O-])OCC. The number of hydrogen-bond donors (Lipinski definition) is 0. The molecule has 0 bridgehead atoms. The van der Waals surface area contributed by atoms with E-state index in [9.17, 15) is 24.3 Å². The number of hydrogen-bond acceptors (Lipinski definition) is 8. The van der Waals surface area contributed by atoms with E-state index in [0.29, 0.717) is 5.56 Å². The van der Waals surface area contributed by atoms with Crippen molar-refractivity contribution < 1.29 is 32.9 Å². The molecule has 1 fully saturated rings. The summed E-state index contributed by atoms with van der Waals surface area (Å²) < 4.78 is 30.3. The summed E-state index contributed by atoms with van der Waals surface area (Å²) in [6.45, 7) is 14.5. The summed E-state index contributed by atoms with van der Waals surface area (Å²) in [6, 6.07) is 11.5. The van der Waals surface area contributed by atoms with Gasteiger partial charge in [0.2, 0.25) is 5.91 Å². The zero-order valence-electron chi connectivity index (χ0n) is 26.6. The van der Waals surface area contributed by atoms with E-state index in [0.717, 1.165) is 5.56 Å². The molecule has 0 spiro atoms. The highest BCUT2D eigenvalue weighted by Crippen LogP contribution is 2.53. The van der Waals surface area contributed by atoms with E-state index in [4.69, 9.17) is 13.8 Å². The Balaban J connectivity index is 2.25. The van der Waals surface area contributed by atoms with Crippen molar-refractivity contribution in [3.63, 3.8) is 0 Å². The van der Waals surface area contributed by atoms with Crippen molar-refractivity contribution in [2.24, 2.45) is 5.41 Å². The second kappa shape index (κ2) is 13.2. The van der Waals surface area contributed by atoms with Crippen LogP contribution in [0.25, 0.3) is 11.1 Å². The van der Waals surface area contributed by atoms with Crippen molar-refractivity contribution in [2.45, 2.75) is 85.8 Å². The Morgan fingerprint density at radius 3 is 2.02 bits per heavy atom. The lowest BCUT2D eigenvalue weighted by Crippen LogP contribution is -2.52. The number of rotatable bonds is 10. The van der Waals surface area contributed by atoms with Crippen molar-refractivity contribution in [1.82, 2.24) is 9.80 Å². The third-order valence-corrected chi connectivity index (χ3v) is 9.00. The maximum absolute atomic E-state index is 13.8. The molecule has 2 atom stereocenters. The summed E-state index contributed by atoms with van der Waals surface area (Å²) in [7, 11) is -2.12. The van der Waals surface area contributed by atoms with E-state index < -0.39 is 41.8 Å². The van der Waals surface area contributed by atoms with Crippen LogP contribution in [0.3, 0.4) is 0 Å². The Morgan fingerprint density at radius 1 is 0.977 bits per heavy atom. The Labute approximate surface area is 254 Å². The molecule has 0 aromatic heterocycles. The standard InChI is InChI=1S/C31H44N3O8P/c1-10-40-43(39,41-11-2)20-24-18-22(21-15-13-12-14-16-21)17-23(26(24)34(37)38)19-25-27(35)32(9)28(30(3,4)5)33(25)29(36)42-31(6,7)8/h12-18,25,28H,10-11,19-20H2,1-9H3/t25-,28-/m0/s1. The molecule has 3 rings (SSSR count). The molecule has 0 N–H and O–H groups in total. The predicted molar refractivity (Wildman–Crippen MR) is 165 cm³/mol. The Bertz CT molecular complexity index is 1370. The van der Waals surface area contributed by atoms with Crippen LogP contribution in [0.4, 0.5) is 10.5 Å². The summed E-state index contributed by atoms with van der Waals surface area (Å²) in [5.74, 6) is -0.360. The van der Waals surface area contributed by atoms with E-state index in [1.165, 1.54) is 9.80 Å². The Hall–Kier alpha value is -3.27. The molecule has 12 heteroatoms. The molecule has 2 aromatic carbocycles. The van der Waals surface area contributed by atoms with E-state index in [-0.39, 0.29) is 48.5 Å². The summed E-state index contributed by atoms with van der Waals surface area (Å²) in [4.78, 5) is 42.5. The fourth-order valence-corrected chi connectivity index (χ4v) is 7.27. The summed E-state index contributed by atoms with van der Waals surface area (Å²) in [6.07, 6.45) is -1.84. The van der Waals surface area contributed by atoms with Gasteiger partial charge in [-0.25, -0.2) is 4.79 Å². The fraction of sp³-hybridized carbons (Fsp3) is 0.548. The molecule has 0 aliphatic carbocycles. The van der Waals surface area contributed by atoms with Gasteiger partial charge in [0.15, 0.2) is 0 Å². The minimum Gasteiger partial charge on any atom is -0.444 e. The first kappa shape index (κ1) is 34.2. The maximum Gasteiger partial charge on any atom is 0.412 e. The van der Waals surface area contributed by atoms with Gasteiger partial charge in [0.05, 0.1) is 24.3 Å².